The Morgan fingerprint density at radius 1 is 1.44 bits per heavy atom. The first-order valence-electron chi connectivity index (χ1n) is 6.49. The van der Waals surface area contributed by atoms with Gasteiger partial charge in [0.15, 0.2) is 0 Å². The fourth-order valence-electron chi connectivity index (χ4n) is 2.45. The third-order valence-corrected chi connectivity index (χ3v) is 3.69. The van der Waals surface area contributed by atoms with Gasteiger partial charge in [-0.2, -0.15) is 0 Å². The number of carbonyl (C=O) groups is 1. The van der Waals surface area contributed by atoms with Crippen molar-refractivity contribution < 1.29 is 9.90 Å². The predicted octanol–water partition coefficient (Wildman–Crippen LogP) is 1.39. The van der Waals surface area contributed by atoms with Crippen LogP contribution in [-0.2, 0) is 11.2 Å². The van der Waals surface area contributed by atoms with E-state index >= 15 is 0 Å². The number of carbonyl (C=O) groups excluding carboxylic acids is 1. The molecule has 1 amide bonds. The van der Waals surface area contributed by atoms with E-state index in [2.05, 4.69) is 4.98 Å². The highest BCUT2D eigenvalue weighted by Crippen LogP contribution is 2.22. The Kier molecular flexibility index (Phi) is 4.31. The van der Waals surface area contributed by atoms with Crippen LogP contribution in [0.5, 0.6) is 0 Å². The first-order valence-corrected chi connectivity index (χ1v) is 6.49. The van der Waals surface area contributed by atoms with Crippen LogP contribution in [0.4, 0.5) is 0 Å². The van der Waals surface area contributed by atoms with Crippen molar-refractivity contribution in [2.75, 3.05) is 7.05 Å². The first kappa shape index (κ1) is 13.0. The summed E-state index contributed by atoms with van der Waals surface area (Å²) in [5, 5.41) is 9.47. The lowest BCUT2D eigenvalue weighted by atomic mass is 9.92. The molecule has 4 nitrogen and oxygen atoms in total. The molecule has 1 fully saturated rings. The van der Waals surface area contributed by atoms with Gasteiger partial charge in [0, 0.05) is 25.5 Å². The fourth-order valence-corrected chi connectivity index (χ4v) is 2.45. The second-order valence-electron chi connectivity index (χ2n) is 5.01. The van der Waals surface area contributed by atoms with E-state index in [1.165, 1.54) is 0 Å². The Hall–Kier alpha value is -1.42. The van der Waals surface area contributed by atoms with E-state index in [9.17, 15) is 9.90 Å². The third kappa shape index (κ3) is 3.29. The smallest absolute Gasteiger partial charge is 0.227 e. The van der Waals surface area contributed by atoms with Gasteiger partial charge in [0.2, 0.25) is 5.91 Å². The lowest BCUT2D eigenvalue weighted by Gasteiger charge is -2.33. The molecule has 0 aromatic carbocycles. The Labute approximate surface area is 108 Å². The van der Waals surface area contributed by atoms with Gasteiger partial charge >= 0.3 is 0 Å². The molecule has 2 rings (SSSR count). The van der Waals surface area contributed by atoms with Gasteiger partial charge in [0.05, 0.1) is 12.5 Å². The normalized spacial score (nSPS) is 23.7. The Morgan fingerprint density at radius 2 is 2.17 bits per heavy atom. The second kappa shape index (κ2) is 5.96. The highest BCUT2D eigenvalue weighted by atomic mass is 16.3. The zero-order valence-corrected chi connectivity index (χ0v) is 10.7. The number of aromatic nitrogens is 1. The van der Waals surface area contributed by atoms with Gasteiger partial charge in [-0.3, -0.25) is 9.78 Å². The van der Waals surface area contributed by atoms with Crippen molar-refractivity contribution in [1.82, 2.24) is 9.88 Å². The maximum atomic E-state index is 12.1. The summed E-state index contributed by atoms with van der Waals surface area (Å²) in [6.07, 6.45) is 7.07. The summed E-state index contributed by atoms with van der Waals surface area (Å²) in [6, 6.07) is 4.04. The van der Waals surface area contributed by atoms with Crippen molar-refractivity contribution in [2.45, 2.75) is 44.2 Å². The minimum absolute atomic E-state index is 0.129. The standard InChI is InChI=1S/C14H20N2O2/c1-16(12-4-6-13(17)7-5-12)14(18)9-11-3-2-8-15-10-11/h2-3,8,10,12-13,17H,4-7,9H2,1H3. The first-order chi connectivity index (χ1) is 8.66. The highest BCUT2D eigenvalue weighted by Gasteiger charge is 2.25. The molecule has 1 saturated carbocycles. The van der Waals surface area contributed by atoms with Crippen LogP contribution in [0.25, 0.3) is 0 Å². The molecule has 1 aromatic rings. The van der Waals surface area contributed by atoms with Gasteiger partial charge in [-0.15, -0.1) is 0 Å². The van der Waals surface area contributed by atoms with E-state index < -0.39 is 0 Å². The van der Waals surface area contributed by atoms with Crippen LogP contribution >= 0.6 is 0 Å². The predicted molar refractivity (Wildman–Crippen MR) is 69.0 cm³/mol. The number of hydrogen-bond donors (Lipinski definition) is 1. The molecular weight excluding hydrogens is 228 g/mol. The van der Waals surface area contributed by atoms with Gasteiger partial charge in [-0.25, -0.2) is 0 Å². The summed E-state index contributed by atoms with van der Waals surface area (Å²) in [4.78, 5) is 18.0. The summed E-state index contributed by atoms with van der Waals surface area (Å²) < 4.78 is 0. The summed E-state index contributed by atoms with van der Waals surface area (Å²) >= 11 is 0. The SMILES string of the molecule is CN(C(=O)Cc1cccnc1)C1CCC(O)CC1. The van der Waals surface area contributed by atoms with Crippen molar-refractivity contribution >= 4 is 5.91 Å². The minimum atomic E-state index is -0.178. The molecule has 0 saturated heterocycles. The lowest BCUT2D eigenvalue weighted by molar-refractivity contribution is -0.132. The van der Waals surface area contributed by atoms with Crippen molar-refractivity contribution in [1.29, 1.82) is 0 Å². The topological polar surface area (TPSA) is 53.4 Å². The van der Waals surface area contributed by atoms with Gasteiger partial charge in [0.25, 0.3) is 0 Å². The Balaban J connectivity index is 1.89. The molecule has 1 N–H and O–H groups in total. The molecule has 0 aliphatic heterocycles. The van der Waals surface area contributed by atoms with Crippen molar-refractivity contribution in [2.24, 2.45) is 0 Å². The number of nitrogens with zero attached hydrogens (tertiary/aromatic N) is 2. The lowest BCUT2D eigenvalue weighted by Crippen LogP contribution is -2.41. The number of aliphatic hydroxyl groups excluding tert-OH is 1. The average Bonchev–Trinajstić information content (AvgIpc) is 2.40. The van der Waals surface area contributed by atoms with E-state index in [-0.39, 0.29) is 18.1 Å². The summed E-state index contributed by atoms with van der Waals surface area (Å²) in [6.45, 7) is 0. The summed E-state index contributed by atoms with van der Waals surface area (Å²) in [7, 11) is 1.86. The zero-order valence-electron chi connectivity index (χ0n) is 10.7. The molecule has 0 bridgehead atoms. The number of amides is 1. The number of aliphatic hydroxyl groups is 1. The zero-order chi connectivity index (χ0) is 13.0. The second-order valence-corrected chi connectivity index (χ2v) is 5.01. The molecule has 0 radical (unpaired) electrons. The molecule has 1 heterocycles. The quantitative estimate of drug-likeness (QED) is 0.879. The van der Waals surface area contributed by atoms with E-state index in [0.717, 1.165) is 31.2 Å². The summed E-state index contributed by atoms with van der Waals surface area (Å²) in [5.74, 6) is 0.129. The van der Waals surface area contributed by atoms with Crippen LogP contribution in [0.2, 0.25) is 0 Å². The van der Waals surface area contributed by atoms with Gasteiger partial charge in [-0.1, -0.05) is 6.07 Å². The van der Waals surface area contributed by atoms with Gasteiger partial charge in [0.1, 0.15) is 0 Å². The van der Waals surface area contributed by atoms with Crippen LogP contribution in [0.1, 0.15) is 31.2 Å². The maximum Gasteiger partial charge on any atom is 0.227 e. The van der Waals surface area contributed by atoms with E-state index in [1.54, 1.807) is 12.4 Å². The molecule has 1 aliphatic rings. The number of pyridine rings is 1. The number of hydrogen-bond acceptors (Lipinski definition) is 3. The van der Waals surface area contributed by atoms with Crippen molar-refractivity contribution in [3.63, 3.8) is 0 Å². The largest absolute Gasteiger partial charge is 0.393 e. The monoisotopic (exact) mass is 248 g/mol. The molecule has 4 heteroatoms. The maximum absolute atomic E-state index is 12.1. The van der Waals surface area contributed by atoms with Crippen LogP contribution < -0.4 is 0 Å². The molecule has 0 spiro atoms. The molecule has 1 aliphatic carbocycles. The molecule has 98 valence electrons. The number of likely N-dealkylation sites (N-methyl/N-ethyl adjacent to an activating group) is 1. The third-order valence-electron chi connectivity index (χ3n) is 3.69. The Morgan fingerprint density at radius 3 is 2.78 bits per heavy atom. The summed E-state index contributed by atoms with van der Waals surface area (Å²) in [5.41, 5.74) is 0.949. The molecule has 0 atom stereocenters. The molecular formula is C14H20N2O2. The average molecular weight is 248 g/mol. The molecule has 18 heavy (non-hydrogen) atoms. The molecule has 1 aromatic heterocycles. The van der Waals surface area contributed by atoms with E-state index in [1.807, 2.05) is 24.1 Å². The van der Waals surface area contributed by atoms with E-state index in [0.29, 0.717) is 6.42 Å². The minimum Gasteiger partial charge on any atom is -0.393 e. The van der Waals surface area contributed by atoms with Crippen LogP contribution in [0, 0.1) is 0 Å². The van der Waals surface area contributed by atoms with Crippen molar-refractivity contribution in [3.05, 3.63) is 30.1 Å². The van der Waals surface area contributed by atoms with E-state index in [4.69, 9.17) is 0 Å². The Bertz CT molecular complexity index is 386. The number of rotatable bonds is 3. The fraction of sp³-hybridized carbons (Fsp3) is 0.571. The van der Waals surface area contributed by atoms with Crippen LogP contribution in [0.3, 0.4) is 0 Å². The van der Waals surface area contributed by atoms with Crippen LogP contribution in [-0.4, -0.2) is 40.1 Å². The van der Waals surface area contributed by atoms with Gasteiger partial charge < -0.3 is 10.0 Å². The van der Waals surface area contributed by atoms with Crippen molar-refractivity contribution in [3.8, 4) is 0 Å². The van der Waals surface area contributed by atoms with Gasteiger partial charge in [-0.05, 0) is 37.3 Å². The molecule has 0 unspecified atom stereocenters. The van der Waals surface area contributed by atoms with Crippen LogP contribution in [0.15, 0.2) is 24.5 Å². The highest BCUT2D eigenvalue weighted by molar-refractivity contribution is 5.78.